The van der Waals surface area contributed by atoms with E-state index in [4.69, 9.17) is 9.90 Å². The average Bonchev–Trinajstić information content (AvgIpc) is 0.918. The first-order valence-electron chi connectivity index (χ1n) is 0.494. The number of carbonyl (C=O) groups is 1. The Balaban J connectivity index is -0.0000000200. The van der Waals surface area contributed by atoms with Crippen LogP contribution in [-0.4, -0.2) is 43.3 Å². The Labute approximate surface area is 48.4 Å². The largest absolute Gasteiger partial charge is 0.483 e. The first-order chi connectivity index (χ1) is 1.41. The van der Waals surface area contributed by atoms with Crippen LogP contribution in [0.3, 0.4) is 0 Å². The van der Waals surface area contributed by atoms with Gasteiger partial charge in [0.15, 0.2) is 0 Å². The molecule has 0 saturated heterocycles. The minimum atomic E-state index is -0.250. The van der Waals surface area contributed by atoms with Crippen LogP contribution in [0.15, 0.2) is 0 Å². The summed E-state index contributed by atoms with van der Waals surface area (Å²) in [5, 5.41) is 6.89. The van der Waals surface area contributed by atoms with E-state index >= 15 is 0 Å². The SMILES string of the molecule is O.O=CO.[Bi]. The van der Waals surface area contributed by atoms with Crippen molar-refractivity contribution in [1.29, 1.82) is 0 Å². The van der Waals surface area contributed by atoms with Gasteiger partial charge in [-0.2, -0.15) is 0 Å². The first-order valence-corrected chi connectivity index (χ1v) is 0.494. The molecule has 0 bridgehead atoms. The van der Waals surface area contributed by atoms with Gasteiger partial charge in [-0.15, -0.1) is 0 Å². The van der Waals surface area contributed by atoms with Crippen LogP contribution in [0, 0.1) is 0 Å². The Kier molecular flexibility index (Phi) is 101. The van der Waals surface area contributed by atoms with Gasteiger partial charge in [-0.05, 0) is 0 Å². The second kappa shape index (κ2) is 27.5. The van der Waals surface area contributed by atoms with Crippen molar-refractivity contribution in [3.63, 3.8) is 0 Å². The predicted molar refractivity (Wildman–Crippen MR) is 18.1 cm³/mol. The van der Waals surface area contributed by atoms with Gasteiger partial charge in [0.1, 0.15) is 0 Å². The molecule has 0 unspecified atom stereocenters. The fourth-order valence-electron chi connectivity index (χ4n) is 0. The van der Waals surface area contributed by atoms with Gasteiger partial charge in [0.2, 0.25) is 0 Å². The van der Waals surface area contributed by atoms with E-state index in [2.05, 4.69) is 0 Å². The molecule has 31 valence electrons. The van der Waals surface area contributed by atoms with Crippen LogP contribution < -0.4 is 0 Å². The molecule has 0 fully saturated rings. The summed E-state index contributed by atoms with van der Waals surface area (Å²) in [5.41, 5.74) is 0. The molecule has 0 saturated carbocycles. The smallest absolute Gasteiger partial charge is 0.290 e. The molecule has 3 radical (unpaired) electrons. The van der Waals surface area contributed by atoms with E-state index in [0.29, 0.717) is 0 Å². The van der Waals surface area contributed by atoms with Gasteiger partial charge in [-0.3, -0.25) is 4.79 Å². The van der Waals surface area contributed by atoms with Gasteiger partial charge in [-0.1, -0.05) is 0 Å². The Morgan fingerprint density at radius 2 is 1.60 bits per heavy atom. The monoisotopic (exact) mass is 273 g/mol. The van der Waals surface area contributed by atoms with Gasteiger partial charge in [0.25, 0.3) is 6.47 Å². The third-order valence-electron chi connectivity index (χ3n) is 0. The summed E-state index contributed by atoms with van der Waals surface area (Å²) in [6, 6.07) is 0. The Hall–Kier alpha value is 0.313. The van der Waals surface area contributed by atoms with Crippen LogP contribution in [0.5, 0.6) is 0 Å². The summed E-state index contributed by atoms with van der Waals surface area (Å²) in [6.45, 7) is -0.250. The first kappa shape index (κ1) is 18.5. The molecule has 0 aromatic heterocycles. The van der Waals surface area contributed by atoms with E-state index in [-0.39, 0.29) is 38.2 Å². The molecule has 0 aromatic carbocycles. The van der Waals surface area contributed by atoms with Crippen molar-refractivity contribution < 1.29 is 15.4 Å². The zero-order valence-electron chi connectivity index (χ0n) is 2.38. The summed E-state index contributed by atoms with van der Waals surface area (Å²) in [4.78, 5) is 8.36. The molecule has 0 amide bonds. The van der Waals surface area contributed by atoms with E-state index in [9.17, 15) is 0 Å². The summed E-state index contributed by atoms with van der Waals surface area (Å²) < 4.78 is 0. The van der Waals surface area contributed by atoms with Crippen molar-refractivity contribution >= 4 is 32.7 Å². The molecule has 0 aliphatic carbocycles. The zero-order chi connectivity index (χ0) is 2.71. The van der Waals surface area contributed by atoms with Crippen molar-refractivity contribution in [2.45, 2.75) is 0 Å². The normalized spacial score (nSPS) is 2.40. The maximum atomic E-state index is 8.36. The zero-order valence-corrected chi connectivity index (χ0v) is 5.86. The summed E-state index contributed by atoms with van der Waals surface area (Å²) in [5.74, 6) is 0. The minimum absolute atomic E-state index is 0. The van der Waals surface area contributed by atoms with E-state index in [1.807, 2.05) is 0 Å². The molecule has 0 aliphatic heterocycles. The molecular formula is CH4BiO3. The third kappa shape index (κ3) is 235. The fraction of sp³-hybridized carbons (Fsp3) is 0. The molecule has 0 spiro atoms. The number of carboxylic acid groups (broad SMARTS) is 1. The van der Waals surface area contributed by atoms with Crippen molar-refractivity contribution in [2.24, 2.45) is 0 Å². The molecule has 0 atom stereocenters. The molecule has 0 aliphatic rings. The molecule has 0 aromatic rings. The summed E-state index contributed by atoms with van der Waals surface area (Å²) in [6.07, 6.45) is 0. The van der Waals surface area contributed by atoms with Crippen LogP contribution >= 0.6 is 0 Å². The number of hydrogen-bond donors (Lipinski definition) is 1. The molecule has 3 N–H and O–H groups in total. The van der Waals surface area contributed by atoms with Gasteiger partial charge >= 0.3 is 0 Å². The quantitative estimate of drug-likeness (QED) is 0.431. The second-order valence-corrected chi connectivity index (χ2v) is 0.105. The minimum Gasteiger partial charge on any atom is -0.483 e. The second-order valence-electron chi connectivity index (χ2n) is 0.105. The number of hydrogen-bond acceptors (Lipinski definition) is 1. The summed E-state index contributed by atoms with van der Waals surface area (Å²) in [7, 11) is 0. The average molecular weight is 273 g/mol. The maximum Gasteiger partial charge on any atom is 0.290 e. The topological polar surface area (TPSA) is 68.8 Å². The predicted octanol–water partition coefficient (Wildman–Crippen LogP) is -1.50. The van der Waals surface area contributed by atoms with Crippen LogP contribution in [-0.2, 0) is 4.79 Å². The van der Waals surface area contributed by atoms with Gasteiger partial charge in [-0.25, -0.2) is 0 Å². The molecule has 4 heteroatoms. The Morgan fingerprint density at radius 3 is 1.60 bits per heavy atom. The van der Waals surface area contributed by atoms with Gasteiger partial charge < -0.3 is 10.6 Å². The van der Waals surface area contributed by atoms with Crippen molar-refractivity contribution in [3.05, 3.63) is 0 Å². The molecular weight excluding hydrogens is 269 g/mol. The Bertz CT molecular complexity index is 14.4. The van der Waals surface area contributed by atoms with Crippen LogP contribution in [0.4, 0.5) is 0 Å². The van der Waals surface area contributed by atoms with Gasteiger partial charge in [0, 0.05) is 26.2 Å². The van der Waals surface area contributed by atoms with E-state index in [1.165, 1.54) is 0 Å². The molecule has 5 heavy (non-hydrogen) atoms. The van der Waals surface area contributed by atoms with Crippen molar-refractivity contribution in [1.82, 2.24) is 0 Å². The van der Waals surface area contributed by atoms with E-state index in [0.717, 1.165) is 0 Å². The Morgan fingerprint density at radius 1 is 1.60 bits per heavy atom. The molecule has 0 rings (SSSR count). The molecule has 0 heterocycles. The van der Waals surface area contributed by atoms with Crippen LogP contribution in [0.2, 0.25) is 0 Å². The van der Waals surface area contributed by atoms with Crippen molar-refractivity contribution in [2.75, 3.05) is 0 Å². The summed E-state index contributed by atoms with van der Waals surface area (Å²) >= 11 is 0. The molecule has 3 nitrogen and oxygen atoms in total. The van der Waals surface area contributed by atoms with E-state index in [1.54, 1.807) is 0 Å². The van der Waals surface area contributed by atoms with Crippen LogP contribution in [0.25, 0.3) is 0 Å². The fourth-order valence-corrected chi connectivity index (χ4v) is 0. The number of rotatable bonds is 0. The standard InChI is InChI=1S/CH2O2.Bi.H2O/c2-1-3;;/h1H,(H,2,3);;1H2. The van der Waals surface area contributed by atoms with Crippen LogP contribution in [0.1, 0.15) is 0 Å². The van der Waals surface area contributed by atoms with Crippen molar-refractivity contribution in [3.8, 4) is 0 Å². The maximum absolute atomic E-state index is 8.36. The third-order valence-corrected chi connectivity index (χ3v) is 0. The van der Waals surface area contributed by atoms with E-state index < -0.39 is 0 Å². The van der Waals surface area contributed by atoms with Gasteiger partial charge in [0.05, 0.1) is 0 Å².